The molecule has 0 aliphatic heterocycles. The minimum Gasteiger partial charge on any atom is -0.480 e. The molecule has 43 heavy (non-hydrogen) atoms. The molecule has 0 spiro atoms. The van der Waals surface area contributed by atoms with E-state index in [0.717, 1.165) is 29.9 Å². The van der Waals surface area contributed by atoms with Crippen LogP contribution in [-0.4, -0.2) is 57.5 Å². The van der Waals surface area contributed by atoms with Crippen LogP contribution in [0.25, 0.3) is 33.6 Å². The number of hydrogen-bond acceptors (Lipinski definition) is 9. The molecule has 0 unspecified atom stereocenters. The molecule has 0 aliphatic carbocycles. The monoisotopic (exact) mass is 618 g/mol. The summed E-state index contributed by atoms with van der Waals surface area (Å²) in [5.74, 6) is 0.864. The standard InChI is InChI=1S/C31H32Cl2N8O2/c1-19-11-13-41(40-19)14-12-35-16-27-31(43-4)39-25(18-37-27)23-10-6-8-21(29(23)33)20-7-5-9-22(28(20)32)24-17-36-26(15-34-2)30(38-24)42-3/h5-11,13,17-18,34-35H,12,14-16H2,1-4H3. The Morgan fingerprint density at radius 1 is 0.767 bits per heavy atom. The number of rotatable bonds is 12. The maximum atomic E-state index is 7.01. The van der Waals surface area contributed by atoms with Gasteiger partial charge >= 0.3 is 0 Å². The van der Waals surface area contributed by atoms with Gasteiger partial charge in [-0.3, -0.25) is 14.6 Å². The molecule has 5 aromatic rings. The van der Waals surface area contributed by atoms with Gasteiger partial charge in [0.05, 0.1) is 60.3 Å². The first-order valence-electron chi connectivity index (χ1n) is 13.7. The molecule has 0 fully saturated rings. The van der Waals surface area contributed by atoms with E-state index < -0.39 is 0 Å². The number of ether oxygens (including phenoxy) is 2. The predicted octanol–water partition coefficient (Wildman–Crippen LogP) is 5.61. The third-order valence-corrected chi connectivity index (χ3v) is 7.59. The van der Waals surface area contributed by atoms with E-state index in [0.29, 0.717) is 68.8 Å². The second-order valence-electron chi connectivity index (χ2n) is 9.68. The molecule has 0 saturated carbocycles. The van der Waals surface area contributed by atoms with Crippen molar-refractivity contribution in [3.8, 4) is 45.4 Å². The molecule has 222 valence electrons. The molecule has 2 N–H and O–H groups in total. The lowest BCUT2D eigenvalue weighted by Crippen LogP contribution is -2.21. The summed E-state index contributed by atoms with van der Waals surface area (Å²) in [7, 11) is 4.99. The van der Waals surface area contributed by atoms with Crippen molar-refractivity contribution in [1.82, 2.24) is 40.3 Å². The van der Waals surface area contributed by atoms with Gasteiger partial charge < -0.3 is 20.1 Å². The minimum absolute atomic E-state index is 0.427. The van der Waals surface area contributed by atoms with E-state index in [9.17, 15) is 0 Å². The summed E-state index contributed by atoms with van der Waals surface area (Å²) in [6.45, 7) is 4.47. The average Bonchev–Trinajstić information content (AvgIpc) is 3.45. The molecule has 3 heterocycles. The number of aryl methyl sites for hydroxylation is 1. The van der Waals surface area contributed by atoms with Crippen LogP contribution in [0.2, 0.25) is 10.0 Å². The van der Waals surface area contributed by atoms with Gasteiger partial charge in [0.15, 0.2) is 0 Å². The fraction of sp³-hybridized carbons (Fsp3) is 0.258. The van der Waals surface area contributed by atoms with Gasteiger partial charge in [-0.25, -0.2) is 9.97 Å². The minimum atomic E-state index is 0.427. The summed E-state index contributed by atoms with van der Waals surface area (Å²) in [6, 6.07) is 13.4. The number of benzene rings is 2. The third kappa shape index (κ3) is 6.78. The maximum Gasteiger partial charge on any atom is 0.237 e. The molecule has 12 heteroatoms. The average molecular weight is 620 g/mol. The molecule has 0 radical (unpaired) electrons. The summed E-state index contributed by atoms with van der Waals surface area (Å²) in [6.07, 6.45) is 5.35. The van der Waals surface area contributed by atoms with Gasteiger partial charge in [-0.1, -0.05) is 59.6 Å². The largest absolute Gasteiger partial charge is 0.480 e. The zero-order valence-electron chi connectivity index (χ0n) is 24.4. The lowest BCUT2D eigenvalue weighted by Gasteiger charge is -2.15. The van der Waals surface area contributed by atoms with Crippen LogP contribution in [0.1, 0.15) is 17.1 Å². The number of methoxy groups -OCH3 is 2. The highest BCUT2D eigenvalue weighted by molar-refractivity contribution is 6.39. The summed E-state index contributed by atoms with van der Waals surface area (Å²) in [5.41, 5.74) is 6.49. The van der Waals surface area contributed by atoms with Crippen LogP contribution in [0.15, 0.2) is 61.1 Å². The van der Waals surface area contributed by atoms with Crippen molar-refractivity contribution in [2.45, 2.75) is 26.6 Å². The van der Waals surface area contributed by atoms with Crippen LogP contribution in [0.5, 0.6) is 11.8 Å². The third-order valence-electron chi connectivity index (χ3n) is 6.78. The molecule has 10 nitrogen and oxygen atoms in total. The molecule has 5 rings (SSSR count). The Morgan fingerprint density at radius 3 is 1.79 bits per heavy atom. The molecular formula is C31H32Cl2N8O2. The fourth-order valence-corrected chi connectivity index (χ4v) is 5.30. The van der Waals surface area contributed by atoms with E-state index in [1.54, 1.807) is 26.6 Å². The van der Waals surface area contributed by atoms with Crippen molar-refractivity contribution in [3.63, 3.8) is 0 Å². The van der Waals surface area contributed by atoms with Crippen LogP contribution >= 0.6 is 23.2 Å². The van der Waals surface area contributed by atoms with Crippen molar-refractivity contribution in [3.05, 3.63) is 88.2 Å². The zero-order valence-corrected chi connectivity index (χ0v) is 25.9. The molecule has 0 aliphatic rings. The molecule has 3 aromatic heterocycles. The van der Waals surface area contributed by atoms with Crippen molar-refractivity contribution in [1.29, 1.82) is 0 Å². The Hall–Kier alpha value is -4.09. The van der Waals surface area contributed by atoms with Crippen LogP contribution in [0.3, 0.4) is 0 Å². The van der Waals surface area contributed by atoms with E-state index in [-0.39, 0.29) is 0 Å². The van der Waals surface area contributed by atoms with Crippen LogP contribution in [0.4, 0.5) is 0 Å². The molecule has 0 amide bonds. The van der Waals surface area contributed by atoms with Crippen molar-refractivity contribution in [2.24, 2.45) is 0 Å². The summed E-state index contributed by atoms with van der Waals surface area (Å²) >= 11 is 14.0. The zero-order chi connectivity index (χ0) is 30.3. The highest BCUT2D eigenvalue weighted by Gasteiger charge is 2.19. The quantitative estimate of drug-likeness (QED) is 0.172. The van der Waals surface area contributed by atoms with E-state index >= 15 is 0 Å². The highest BCUT2D eigenvalue weighted by Crippen LogP contribution is 2.42. The smallest absolute Gasteiger partial charge is 0.237 e. The van der Waals surface area contributed by atoms with Gasteiger partial charge in [-0.15, -0.1) is 0 Å². The topological polar surface area (TPSA) is 112 Å². The summed E-state index contributed by atoms with van der Waals surface area (Å²) in [5, 5.41) is 11.8. The van der Waals surface area contributed by atoms with E-state index in [1.165, 1.54) is 0 Å². The van der Waals surface area contributed by atoms with Crippen molar-refractivity contribution >= 4 is 23.2 Å². The van der Waals surface area contributed by atoms with Gasteiger partial charge in [-0.2, -0.15) is 5.10 Å². The molecule has 0 atom stereocenters. The second kappa shape index (κ2) is 13.9. The molecule has 0 saturated heterocycles. The number of halogens is 2. The lowest BCUT2D eigenvalue weighted by atomic mass is 9.98. The van der Waals surface area contributed by atoms with Crippen LogP contribution in [0, 0.1) is 6.92 Å². The SMILES string of the molecule is CNCc1ncc(-c2cccc(-c3cccc(-c4cnc(CNCCn5ccc(C)n5)c(OC)n4)c3Cl)c2Cl)nc1OC. The maximum absolute atomic E-state index is 7.01. The first-order valence-corrected chi connectivity index (χ1v) is 14.4. The van der Waals surface area contributed by atoms with Gasteiger partial charge in [0.2, 0.25) is 11.8 Å². The highest BCUT2D eigenvalue weighted by atomic mass is 35.5. The van der Waals surface area contributed by atoms with Crippen molar-refractivity contribution in [2.75, 3.05) is 27.8 Å². The number of nitrogens with zero attached hydrogens (tertiary/aromatic N) is 6. The molecule has 2 aromatic carbocycles. The lowest BCUT2D eigenvalue weighted by molar-refractivity contribution is 0.387. The van der Waals surface area contributed by atoms with E-state index in [1.807, 2.05) is 67.3 Å². The number of nitrogens with one attached hydrogen (secondary N) is 2. The molecular weight excluding hydrogens is 587 g/mol. The van der Waals surface area contributed by atoms with Crippen LogP contribution < -0.4 is 20.1 Å². The first-order chi connectivity index (χ1) is 20.9. The number of aromatic nitrogens is 6. The van der Waals surface area contributed by atoms with E-state index in [4.69, 9.17) is 37.7 Å². The Bertz CT molecular complexity index is 1730. The molecule has 0 bridgehead atoms. The van der Waals surface area contributed by atoms with Gasteiger partial charge in [0.25, 0.3) is 0 Å². The van der Waals surface area contributed by atoms with E-state index in [2.05, 4.69) is 30.7 Å². The van der Waals surface area contributed by atoms with Gasteiger partial charge in [0.1, 0.15) is 11.4 Å². The summed E-state index contributed by atoms with van der Waals surface area (Å²) in [4.78, 5) is 18.5. The summed E-state index contributed by atoms with van der Waals surface area (Å²) < 4.78 is 12.9. The van der Waals surface area contributed by atoms with Gasteiger partial charge in [0, 0.05) is 48.1 Å². The van der Waals surface area contributed by atoms with Gasteiger partial charge in [-0.05, 0) is 20.0 Å². The Balaban J connectivity index is 1.40. The van der Waals surface area contributed by atoms with Crippen molar-refractivity contribution < 1.29 is 9.47 Å². The predicted molar refractivity (Wildman–Crippen MR) is 168 cm³/mol. The Morgan fingerprint density at radius 2 is 1.30 bits per heavy atom. The normalized spacial score (nSPS) is 11.1. The first kappa shape index (κ1) is 30.4. The Labute approximate surface area is 260 Å². The number of hydrogen-bond donors (Lipinski definition) is 2. The van der Waals surface area contributed by atoms with Crippen LogP contribution in [-0.2, 0) is 19.6 Å². The Kier molecular flexibility index (Phi) is 9.83. The fourth-order valence-electron chi connectivity index (χ4n) is 4.65. The second-order valence-corrected chi connectivity index (χ2v) is 10.4.